The fourth-order valence-electron chi connectivity index (χ4n) is 4.60. The maximum Gasteiger partial charge on any atom is 0.258 e. The summed E-state index contributed by atoms with van der Waals surface area (Å²) >= 11 is 0. The maximum absolute atomic E-state index is 13.8. The minimum absolute atomic E-state index is 0.00552. The van der Waals surface area contributed by atoms with Gasteiger partial charge in [-0.05, 0) is 55.7 Å². The number of nitrogens with zero attached hydrogens (tertiary/aromatic N) is 2. The fourth-order valence-corrected chi connectivity index (χ4v) is 4.60. The lowest BCUT2D eigenvalue weighted by Gasteiger charge is -2.43. The highest BCUT2D eigenvalue weighted by atomic mass is 16.2. The second-order valence-electron chi connectivity index (χ2n) is 8.40. The Morgan fingerprint density at radius 3 is 2.22 bits per heavy atom. The fraction of sp³-hybridized carbons (Fsp3) is 0.286. The summed E-state index contributed by atoms with van der Waals surface area (Å²) in [5.41, 5.74) is 3.45. The normalized spacial score (nSPS) is 17.5. The van der Waals surface area contributed by atoms with Crippen molar-refractivity contribution in [2.45, 2.75) is 51.6 Å². The first-order valence-electron chi connectivity index (χ1n) is 11.5. The van der Waals surface area contributed by atoms with Gasteiger partial charge in [-0.1, -0.05) is 67.9 Å². The van der Waals surface area contributed by atoms with Crippen molar-refractivity contribution < 1.29 is 9.59 Å². The molecule has 4 rings (SSSR count). The van der Waals surface area contributed by atoms with Gasteiger partial charge < -0.3 is 9.80 Å². The molecule has 0 saturated carbocycles. The van der Waals surface area contributed by atoms with E-state index in [0.29, 0.717) is 18.4 Å². The third kappa shape index (κ3) is 4.31. The first kappa shape index (κ1) is 21.8. The number of benzene rings is 3. The Hall–Kier alpha value is -3.40. The van der Waals surface area contributed by atoms with Gasteiger partial charge in [0.1, 0.15) is 0 Å². The number of para-hydroxylation sites is 2. The Morgan fingerprint density at radius 1 is 0.906 bits per heavy atom. The molecule has 0 N–H and O–H groups in total. The standard InChI is InChI=1S/C28H30N2O2/c1-3-4-19-27(31)29-21(2)20-26(24-17-11-12-18-25(24)29)30(23-15-9-6-10-16-23)28(32)22-13-7-5-8-14-22/h5-18,21,26H,3-4,19-20H2,1-2H3/t21-,26+/m1/s1. The molecule has 1 aliphatic rings. The van der Waals surface area contributed by atoms with E-state index in [4.69, 9.17) is 0 Å². The van der Waals surface area contributed by atoms with Crippen molar-refractivity contribution in [2.24, 2.45) is 0 Å². The second-order valence-corrected chi connectivity index (χ2v) is 8.40. The highest BCUT2D eigenvalue weighted by Gasteiger charge is 2.38. The van der Waals surface area contributed by atoms with Crippen LogP contribution in [0.3, 0.4) is 0 Å². The lowest BCUT2D eigenvalue weighted by molar-refractivity contribution is -0.119. The van der Waals surface area contributed by atoms with Gasteiger partial charge in [0.15, 0.2) is 0 Å². The van der Waals surface area contributed by atoms with Crippen LogP contribution in [0.4, 0.5) is 11.4 Å². The first-order chi connectivity index (χ1) is 15.6. The summed E-state index contributed by atoms with van der Waals surface area (Å²) in [7, 11) is 0. The Bertz CT molecular complexity index is 1070. The predicted octanol–water partition coefficient (Wildman–Crippen LogP) is 6.39. The number of hydrogen-bond donors (Lipinski definition) is 0. The van der Waals surface area contributed by atoms with E-state index >= 15 is 0 Å². The molecule has 2 amide bonds. The molecule has 3 aromatic rings. The van der Waals surface area contributed by atoms with Crippen molar-refractivity contribution >= 4 is 23.2 Å². The summed E-state index contributed by atoms with van der Waals surface area (Å²) in [6.07, 6.45) is 3.11. The zero-order valence-corrected chi connectivity index (χ0v) is 18.8. The Morgan fingerprint density at radius 2 is 1.53 bits per heavy atom. The number of fused-ring (bicyclic) bond motifs is 1. The SMILES string of the molecule is CCCCC(=O)N1c2ccccc2[C@@H](N(C(=O)c2ccccc2)c2ccccc2)C[C@H]1C. The summed E-state index contributed by atoms with van der Waals surface area (Å²) in [6.45, 7) is 4.19. The molecule has 4 heteroatoms. The van der Waals surface area contributed by atoms with Gasteiger partial charge in [-0.15, -0.1) is 0 Å². The average molecular weight is 427 g/mol. The average Bonchev–Trinajstić information content (AvgIpc) is 2.84. The highest BCUT2D eigenvalue weighted by molar-refractivity contribution is 6.07. The molecule has 0 saturated heterocycles. The van der Waals surface area contributed by atoms with E-state index in [9.17, 15) is 9.59 Å². The summed E-state index contributed by atoms with van der Waals surface area (Å²) in [6, 6.07) is 27.1. The topological polar surface area (TPSA) is 40.6 Å². The van der Waals surface area contributed by atoms with Crippen LogP contribution in [-0.4, -0.2) is 17.9 Å². The number of amides is 2. The van der Waals surface area contributed by atoms with Gasteiger partial charge in [0.25, 0.3) is 5.91 Å². The number of hydrogen-bond acceptors (Lipinski definition) is 2. The predicted molar refractivity (Wildman–Crippen MR) is 130 cm³/mol. The van der Waals surface area contributed by atoms with Crippen LogP contribution < -0.4 is 9.80 Å². The third-order valence-electron chi connectivity index (χ3n) is 6.16. The number of carbonyl (C=O) groups is 2. The van der Waals surface area contributed by atoms with Crippen molar-refractivity contribution in [2.75, 3.05) is 9.80 Å². The molecule has 1 heterocycles. The van der Waals surface area contributed by atoms with E-state index < -0.39 is 0 Å². The van der Waals surface area contributed by atoms with Gasteiger partial charge >= 0.3 is 0 Å². The third-order valence-corrected chi connectivity index (χ3v) is 6.16. The van der Waals surface area contributed by atoms with Crippen molar-refractivity contribution in [3.8, 4) is 0 Å². The number of unbranched alkanes of at least 4 members (excludes halogenated alkanes) is 1. The second kappa shape index (κ2) is 9.82. The first-order valence-corrected chi connectivity index (χ1v) is 11.5. The quantitative estimate of drug-likeness (QED) is 0.458. The molecule has 0 unspecified atom stereocenters. The van der Waals surface area contributed by atoms with Crippen LogP contribution >= 0.6 is 0 Å². The molecule has 164 valence electrons. The van der Waals surface area contributed by atoms with Crippen molar-refractivity contribution in [1.82, 2.24) is 0 Å². The monoisotopic (exact) mass is 426 g/mol. The summed E-state index contributed by atoms with van der Waals surface area (Å²) in [4.78, 5) is 30.7. The van der Waals surface area contributed by atoms with Gasteiger partial charge in [0.2, 0.25) is 5.91 Å². The largest absolute Gasteiger partial charge is 0.309 e. The molecule has 0 spiro atoms. The van der Waals surface area contributed by atoms with Crippen LogP contribution in [0.25, 0.3) is 0 Å². The van der Waals surface area contributed by atoms with Crippen LogP contribution in [0, 0.1) is 0 Å². The Balaban J connectivity index is 1.79. The van der Waals surface area contributed by atoms with Crippen LogP contribution in [-0.2, 0) is 4.79 Å². The molecule has 0 bridgehead atoms. The summed E-state index contributed by atoms with van der Waals surface area (Å²) in [5, 5.41) is 0. The van der Waals surface area contributed by atoms with E-state index in [0.717, 1.165) is 29.8 Å². The van der Waals surface area contributed by atoms with Gasteiger partial charge in [0.05, 0.1) is 6.04 Å². The molecule has 3 aromatic carbocycles. The zero-order valence-electron chi connectivity index (χ0n) is 18.8. The van der Waals surface area contributed by atoms with Crippen molar-refractivity contribution in [1.29, 1.82) is 0 Å². The Labute approximate surface area is 190 Å². The molecule has 2 atom stereocenters. The van der Waals surface area contributed by atoms with Gasteiger partial charge in [-0.3, -0.25) is 9.59 Å². The molecular weight excluding hydrogens is 396 g/mol. The molecule has 0 aliphatic carbocycles. The molecule has 0 fully saturated rings. The lowest BCUT2D eigenvalue weighted by Crippen LogP contribution is -2.47. The van der Waals surface area contributed by atoms with Crippen molar-refractivity contribution in [3.63, 3.8) is 0 Å². The molecule has 1 aliphatic heterocycles. The summed E-state index contributed by atoms with van der Waals surface area (Å²) < 4.78 is 0. The smallest absolute Gasteiger partial charge is 0.258 e. The van der Waals surface area contributed by atoms with Gasteiger partial charge in [-0.25, -0.2) is 0 Å². The van der Waals surface area contributed by atoms with E-state index in [1.54, 1.807) is 0 Å². The lowest BCUT2D eigenvalue weighted by atomic mass is 9.89. The summed E-state index contributed by atoms with van der Waals surface area (Å²) in [5.74, 6) is 0.125. The molecular formula is C28H30N2O2. The van der Waals surface area contributed by atoms with Gasteiger partial charge in [0, 0.05) is 29.4 Å². The Kier molecular flexibility index (Phi) is 6.69. The molecule has 0 radical (unpaired) electrons. The minimum Gasteiger partial charge on any atom is -0.309 e. The van der Waals surface area contributed by atoms with Crippen LogP contribution in [0.15, 0.2) is 84.9 Å². The van der Waals surface area contributed by atoms with Crippen LogP contribution in [0.5, 0.6) is 0 Å². The minimum atomic E-state index is -0.161. The highest BCUT2D eigenvalue weighted by Crippen LogP contribution is 2.43. The van der Waals surface area contributed by atoms with Crippen molar-refractivity contribution in [3.05, 3.63) is 96.1 Å². The zero-order chi connectivity index (χ0) is 22.5. The van der Waals surface area contributed by atoms with Crippen LogP contribution in [0.1, 0.15) is 61.5 Å². The van der Waals surface area contributed by atoms with Crippen LogP contribution in [0.2, 0.25) is 0 Å². The molecule has 32 heavy (non-hydrogen) atoms. The van der Waals surface area contributed by atoms with E-state index in [2.05, 4.69) is 19.9 Å². The molecule has 0 aromatic heterocycles. The number of carbonyl (C=O) groups excluding carboxylic acids is 2. The maximum atomic E-state index is 13.8. The number of rotatable bonds is 6. The van der Waals surface area contributed by atoms with E-state index in [1.807, 2.05) is 88.7 Å². The van der Waals surface area contributed by atoms with E-state index in [1.165, 1.54) is 0 Å². The number of anilines is 2. The van der Waals surface area contributed by atoms with E-state index in [-0.39, 0.29) is 23.9 Å². The molecule has 4 nitrogen and oxygen atoms in total. The van der Waals surface area contributed by atoms with Gasteiger partial charge in [-0.2, -0.15) is 0 Å².